The lowest BCUT2D eigenvalue weighted by molar-refractivity contribution is -0.0108. The number of hydrogen-bond acceptors (Lipinski definition) is 2. The molecule has 0 heterocycles. The zero-order valence-electron chi connectivity index (χ0n) is 6.58. The van der Waals surface area contributed by atoms with Gasteiger partial charge in [0.05, 0.1) is 6.54 Å². The summed E-state index contributed by atoms with van der Waals surface area (Å²) in [5.74, 6) is 0. The smallest absolute Gasteiger partial charge is 0.409 e. The van der Waals surface area contributed by atoms with E-state index in [2.05, 4.69) is 0 Å². The van der Waals surface area contributed by atoms with Gasteiger partial charge >= 0.3 is 6.09 Å². The Hall–Kier alpha value is -0.840. The van der Waals surface area contributed by atoms with E-state index in [0.717, 1.165) is 4.90 Å². The maximum absolute atomic E-state index is 11.7. The summed E-state index contributed by atoms with van der Waals surface area (Å²) in [5, 5.41) is 8.49. The maximum Gasteiger partial charge on any atom is 0.409 e. The zero-order chi connectivity index (χ0) is 8.85. The second kappa shape index (κ2) is 4.90. The van der Waals surface area contributed by atoms with Crippen LogP contribution in [0.15, 0.2) is 0 Å². The fourth-order valence-electron chi connectivity index (χ4n) is 0.651. The quantitative estimate of drug-likeness (QED) is 0.630. The summed E-state index contributed by atoms with van der Waals surface area (Å²) < 4.78 is 16.4. The number of methoxy groups -OCH3 is 1. The minimum atomic E-state index is -1.17. The van der Waals surface area contributed by atoms with Crippen molar-refractivity contribution in [1.29, 1.82) is 0 Å². The second-order valence-electron chi connectivity index (χ2n) is 2.00. The van der Waals surface area contributed by atoms with Crippen LogP contribution in [0.4, 0.5) is 9.18 Å². The molecule has 1 amide bonds. The highest BCUT2D eigenvalue weighted by Crippen LogP contribution is 1.99. The lowest BCUT2D eigenvalue weighted by Gasteiger charge is -2.23. The molecule has 0 aliphatic carbocycles. The van der Waals surface area contributed by atoms with Gasteiger partial charge in [0.1, 0.15) is 12.9 Å². The second-order valence-corrected chi connectivity index (χ2v) is 2.00. The Bertz CT molecular complexity index is 131. The summed E-state index contributed by atoms with van der Waals surface area (Å²) >= 11 is 0. The fraction of sp³-hybridized carbons (Fsp3) is 0.833. The Morgan fingerprint density at radius 2 is 2.36 bits per heavy atom. The van der Waals surface area contributed by atoms with Crippen LogP contribution in [0.25, 0.3) is 0 Å². The summed E-state index contributed by atoms with van der Waals surface area (Å²) in [6.45, 7) is 0.702. The van der Waals surface area contributed by atoms with E-state index in [4.69, 9.17) is 9.84 Å². The highest BCUT2D eigenvalue weighted by molar-refractivity contribution is 5.65. The molecule has 0 aromatic heterocycles. The first-order valence-electron chi connectivity index (χ1n) is 3.21. The molecule has 5 heteroatoms. The molecule has 0 bridgehead atoms. The van der Waals surface area contributed by atoms with Crippen LogP contribution >= 0.6 is 0 Å². The van der Waals surface area contributed by atoms with E-state index < -0.39 is 19.0 Å². The molecule has 0 saturated carbocycles. The highest BCUT2D eigenvalue weighted by Gasteiger charge is 2.17. The largest absolute Gasteiger partial charge is 0.465 e. The van der Waals surface area contributed by atoms with Crippen molar-refractivity contribution >= 4 is 6.09 Å². The number of amides is 1. The van der Waals surface area contributed by atoms with Gasteiger partial charge in [-0.3, -0.25) is 4.90 Å². The molecule has 66 valence electrons. The van der Waals surface area contributed by atoms with Crippen LogP contribution in [-0.2, 0) is 4.74 Å². The van der Waals surface area contributed by atoms with Crippen LogP contribution in [0.2, 0.25) is 0 Å². The maximum atomic E-state index is 11.7. The average Bonchev–Trinajstić information content (AvgIpc) is 1.98. The van der Waals surface area contributed by atoms with Crippen molar-refractivity contribution in [3.05, 3.63) is 0 Å². The predicted molar refractivity (Wildman–Crippen MR) is 37.2 cm³/mol. The zero-order valence-corrected chi connectivity index (χ0v) is 6.58. The van der Waals surface area contributed by atoms with E-state index in [1.807, 2.05) is 0 Å². The Morgan fingerprint density at radius 3 is 2.64 bits per heavy atom. The van der Waals surface area contributed by atoms with Gasteiger partial charge in [0.15, 0.2) is 0 Å². The summed E-state index contributed by atoms with van der Waals surface area (Å²) in [6.07, 6.45) is -1.76. The number of nitrogens with zero attached hydrogens (tertiary/aromatic N) is 1. The first-order chi connectivity index (χ1) is 5.13. The van der Waals surface area contributed by atoms with Crippen LogP contribution in [0.1, 0.15) is 6.92 Å². The molecular weight excluding hydrogens is 153 g/mol. The molecule has 4 nitrogen and oxygen atoms in total. The van der Waals surface area contributed by atoms with Crippen molar-refractivity contribution in [1.82, 2.24) is 4.90 Å². The first kappa shape index (κ1) is 10.2. The SMILES string of the molecule is COC(C)N(CCF)C(=O)O. The van der Waals surface area contributed by atoms with Gasteiger partial charge in [-0.05, 0) is 6.92 Å². The molecule has 0 radical (unpaired) electrons. The molecule has 0 aliphatic heterocycles. The Labute approximate surface area is 64.6 Å². The average molecular weight is 165 g/mol. The minimum absolute atomic E-state index is 0.148. The van der Waals surface area contributed by atoms with Crippen molar-refractivity contribution in [2.45, 2.75) is 13.2 Å². The third-order valence-electron chi connectivity index (χ3n) is 1.35. The first-order valence-corrected chi connectivity index (χ1v) is 3.21. The molecule has 0 saturated heterocycles. The Morgan fingerprint density at radius 1 is 1.82 bits per heavy atom. The molecule has 0 aliphatic rings. The van der Waals surface area contributed by atoms with Crippen molar-refractivity contribution < 1.29 is 19.0 Å². The summed E-state index contributed by atoms with van der Waals surface area (Å²) in [7, 11) is 1.37. The van der Waals surface area contributed by atoms with E-state index in [9.17, 15) is 9.18 Å². The topological polar surface area (TPSA) is 49.8 Å². The molecule has 0 fully saturated rings. The van der Waals surface area contributed by atoms with Gasteiger partial charge in [0.25, 0.3) is 0 Å². The molecular formula is C6H12FNO3. The molecule has 11 heavy (non-hydrogen) atoms. The van der Waals surface area contributed by atoms with Gasteiger partial charge in [0, 0.05) is 7.11 Å². The summed E-state index contributed by atoms with van der Waals surface area (Å²) in [5.41, 5.74) is 0. The van der Waals surface area contributed by atoms with Gasteiger partial charge in [-0.2, -0.15) is 0 Å². The molecule has 1 atom stereocenters. The van der Waals surface area contributed by atoms with Crippen molar-refractivity contribution in [2.75, 3.05) is 20.3 Å². The Balaban J connectivity index is 3.97. The number of carboxylic acid groups (broad SMARTS) is 1. The van der Waals surface area contributed by atoms with E-state index in [-0.39, 0.29) is 6.54 Å². The molecule has 1 unspecified atom stereocenters. The van der Waals surface area contributed by atoms with Crippen LogP contribution in [0, 0.1) is 0 Å². The number of hydrogen-bond donors (Lipinski definition) is 1. The molecule has 0 spiro atoms. The van der Waals surface area contributed by atoms with Gasteiger partial charge in [0.2, 0.25) is 0 Å². The van der Waals surface area contributed by atoms with Crippen molar-refractivity contribution in [3.8, 4) is 0 Å². The van der Waals surface area contributed by atoms with Crippen molar-refractivity contribution in [3.63, 3.8) is 0 Å². The molecule has 0 aromatic carbocycles. The van der Waals surface area contributed by atoms with Crippen LogP contribution in [0.5, 0.6) is 0 Å². The van der Waals surface area contributed by atoms with E-state index in [1.54, 1.807) is 6.92 Å². The van der Waals surface area contributed by atoms with Crippen LogP contribution in [-0.4, -0.2) is 42.7 Å². The lowest BCUT2D eigenvalue weighted by atomic mass is 10.5. The number of carbonyl (C=O) groups is 1. The third-order valence-corrected chi connectivity index (χ3v) is 1.35. The number of rotatable bonds is 4. The van der Waals surface area contributed by atoms with E-state index >= 15 is 0 Å². The Kier molecular flexibility index (Phi) is 4.52. The van der Waals surface area contributed by atoms with Crippen LogP contribution in [0.3, 0.4) is 0 Å². The normalized spacial score (nSPS) is 12.6. The minimum Gasteiger partial charge on any atom is -0.465 e. The monoisotopic (exact) mass is 165 g/mol. The standard InChI is InChI=1S/C6H12FNO3/c1-5(11-2)8(4-3-7)6(9)10/h5H,3-4H2,1-2H3,(H,9,10). The van der Waals surface area contributed by atoms with E-state index in [0.29, 0.717) is 0 Å². The number of halogens is 1. The van der Waals surface area contributed by atoms with Gasteiger partial charge < -0.3 is 9.84 Å². The van der Waals surface area contributed by atoms with Gasteiger partial charge in [-0.15, -0.1) is 0 Å². The molecule has 0 rings (SSSR count). The van der Waals surface area contributed by atoms with E-state index in [1.165, 1.54) is 7.11 Å². The van der Waals surface area contributed by atoms with Crippen molar-refractivity contribution in [2.24, 2.45) is 0 Å². The van der Waals surface area contributed by atoms with Gasteiger partial charge in [-0.25, -0.2) is 9.18 Å². The summed E-state index contributed by atoms with van der Waals surface area (Å²) in [6, 6.07) is 0. The number of alkyl halides is 1. The highest BCUT2D eigenvalue weighted by atomic mass is 19.1. The number of ether oxygens (including phenoxy) is 1. The molecule has 1 N–H and O–H groups in total. The molecule has 0 aromatic rings. The lowest BCUT2D eigenvalue weighted by Crippen LogP contribution is -2.40. The fourth-order valence-corrected chi connectivity index (χ4v) is 0.651. The van der Waals surface area contributed by atoms with Gasteiger partial charge in [-0.1, -0.05) is 0 Å². The predicted octanol–water partition coefficient (Wildman–Crippen LogP) is 0.928. The van der Waals surface area contributed by atoms with Crippen LogP contribution < -0.4 is 0 Å². The third kappa shape index (κ3) is 3.18. The summed E-state index contributed by atoms with van der Waals surface area (Å²) in [4.78, 5) is 11.3.